The number of methoxy groups -OCH3 is 1. The number of hydrogen-bond donors (Lipinski definition) is 1. The van der Waals surface area contributed by atoms with Crippen molar-refractivity contribution in [1.82, 2.24) is 5.32 Å². The lowest BCUT2D eigenvalue weighted by atomic mass is 9.71. The van der Waals surface area contributed by atoms with Crippen LogP contribution in [-0.4, -0.2) is 26.3 Å². The molecule has 0 radical (unpaired) electrons. The molecule has 0 aliphatic heterocycles. The Morgan fingerprint density at radius 1 is 1.29 bits per heavy atom. The van der Waals surface area contributed by atoms with Crippen molar-refractivity contribution in [3.8, 4) is 0 Å². The van der Waals surface area contributed by atoms with Crippen LogP contribution in [0.4, 0.5) is 0 Å². The molecule has 0 heterocycles. The first-order chi connectivity index (χ1) is 8.23. The molecule has 1 N–H and O–H groups in total. The molecule has 2 heteroatoms. The minimum Gasteiger partial charge on any atom is -0.385 e. The number of ether oxygens (including phenoxy) is 1. The van der Waals surface area contributed by atoms with Crippen LogP contribution in [0.15, 0.2) is 0 Å². The standard InChI is InChI=1S/C15H27NO/c1-11(5-6-17-2)15(10-16-14-3-4-14)8-12-7-13(12)9-15/h11-14,16H,3-10H2,1-2H3. The van der Waals surface area contributed by atoms with Crippen LogP contribution in [-0.2, 0) is 4.74 Å². The third kappa shape index (κ3) is 2.53. The summed E-state index contributed by atoms with van der Waals surface area (Å²) in [5, 5.41) is 3.80. The Labute approximate surface area is 105 Å². The highest BCUT2D eigenvalue weighted by Gasteiger charge is 2.55. The molecule has 3 aliphatic rings. The fraction of sp³-hybridized carbons (Fsp3) is 1.00. The molecule has 0 saturated heterocycles. The van der Waals surface area contributed by atoms with E-state index in [1.54, 1.807) is 0 Å². The van der Waals surface area contributed by atoms with Crippen molar-refractivity contribution < 1.29 is 4.74 Å². The average Bonchev–Trinajstić information content (AvgIpc) is 3.24. The van der Waals surface area contributed by atoms with E-state index in [9.17, 15) is 0 Å². The van der Waals surface area contributed by atoms with Crippen molar-refractivity contribution in [3.63, 3.8) is 0 Å². The van der Waals surface area contributed by atoms with Gasteiger partial charge in [0.05, 0.1) is 0 Å². The Morgan fingerprint density at radius 3 is 2.59 bits per heavy atom. The van der Waals surface area contributed by atoms with E-state index in [0.29, 0.717) is 5.41 Å². The van der Waals surface area contributed by atoms with E-state index >= 15 is 0 Å². The molecule has 3 aliphatic carbocycles. The second kappa shape index (κ2) is 4.55. The number of hydrogen-bond acceptors (Lipinski definition) is 2. The zero-order chi connectivity index (χ0) is 11.9. The zero-order valence-corrected chi connectivity index (χ0v) is 11.4. The molecular formula is C15H27NO. The van der Waals surface area contributed by atoms with Gasteiger partial charge in [0, 0.05) is 26.3 Å². The van der Waals surface area contributed by atoms with Crippen LogP contribution in [0.2, 0.25) is 0 Å². The second-order valence-corrected chi connectivity index (χ2v) is 6.86. The molecule has 0 aromatic carbocycles. The molecule has 98 valence electrons. The van der Waals surface area contributed by atoms with Crippen LogP contribution in [0, 0.1) is 23.2 Å². The van der Waals surface area contributed by atoms with Gasteiger partial charge in [0.15, 0.2) is 0 Å². The van der Waals surface area contributed by atoms with E-state index in [1.807, 2.05) is 7.11 Å². The van der Waals surface area contributed by atoms with Gasteiger partial charge in [-0.25, -0.2) is 0 Å². The Morgan fingerprint density at radius 2 is 2.00 bits per heavy atom. The molecule has 17 heavy (non-hydrogen) atoms. The molecule has 3 rings (SSSR count). The zero-order valence-electron chi connectivity index (χ0n) is 11.4. The summed E-state index contributed by atoms with van der Waals surface area (Å²) in [7, 11) is 1.83. The number of rotatable bonds is 7. The first kappa shape index (κ1) is 12.0. The Balaban J connectivity index is 1.58. The molecule has 3 saturated carbocycles. The third-order valence-electron chi connectivity index (χ3n) is 5.53. The van der Waals surface area contributed by atoms with Gasteiger partial charge in [-0.2, -0.15) is 0 Å². The molecule has 0 aromatic heterocycles. The highest BCUT2D eigenvalue weighted by molar-refractivity contribution is 5.06. The maximum atomic E-state index is 5.27. The summed E-state index contributed by atoms with van der Waals surface area (Å²) in [6.07, 6.45) is 8.57. The second-order valence-electron chi connectivity index (χ2n) is 6.86. The van der Waals surface area contributed by atoms with Crippen LogP contribution in [0.1, 0.15) is 45.4 Å². The summed E-state index contributed by atoms with van der Waals surface area (Å²) in [6, 6.07) is 0.860. The molecule has 0 spiro atoms. The molecule has 0 aromatic rings. The van der Waals surface area contributed by atoms with Crippen LogP contribution < -0.4 is 5.32 Å². The van der Waals surface area contributed by atoms with E-state index in [2.05, 4.69) is 12.2 Å². The van der Waals surface area contributed by atoms with Crippen molar-refractivity contribution in [1.29, 1.82) is 0 Å². The van der Waals surface area contributed by atoms with Crippen molar-refractivity contribution in [2.24, 2.45) is 23.2 Å². The first-order valence-electron chi connectivity index (χ1n) is 7.46. The lowest BCUT2D eigenvalue weighted by molar-refractivity contribution is 0.104. The SMILES string of the molecule is COCCC(C)C1(CNC2CC2)CC2CC2C1. The molecular weight excluding hydrogens is 210 g/mol. The van der Waals surface area contributed by atoms with Crippen LogP contribution >= 0.6 is 0 Å². The maximum absolute atomic E-state index is 5.27. The quantitative estimate of drug-likeness (QED) is 0.735. The normalized spacial score (nSPS) is 41.3. The topological polar surface area (TPSA) is 21.3 Å². The molecule has 0 amide bonds. The van der Waals surface area contributed by atoms with Crippen molar-refractivity contribution >= 4 is 0 Å². The predicted molar refractivity (Wildman–Crippen MR) is 69.9 cm³/mol. The summed E-state index contributed by atoms with van der Waals surface area (Å²) in [5.74, 6) is 2.99. The van der Waals surface area contributed by atoms with Crippen LogP contribution in [0.25, 0.3) is 0 Å². The van der Waals surface area contributed by atoms with Crippen molar-refractivity contribution in [2.75, 3.05) is 20.3 Å². The fourth-order valence-corrected chi connectivity index (χ4v) is 3.89. The van der Waals surface area contributed by atoms with Crippen LogP contribution in [0.3, 0.4) is 0 Å². The van der Waals surface area contributed by atoms with Gasteiger partial charge in [-0.1, -0.05) is 6.92 Å². The van der Waals surface area contributed by atoms with Gasteiger partial charge in [0.2, 0.25) is 0 Å². The molecule has 0 bridgehead atoms. The lowest BCUT2D eigenvalue weighted by Crippen LogP contribution is -2.39. The van der Waals surface area contributed by atoms with Gasteiger partial charge >= 0.3 is 0 Å². The van der Waals surface area contributed by atoms with E-state index in [1.165, 1.54) is 45.1 Å². The van der Waals surface area contributed by atoms with E-state index < -0.39 is 0 Å². The Hall–Kier alpha value is -0.0800. The van der Waals surface area contributed by atoms with E-state index in [-0.39, 0.29) is 0 Å². The van der Waals surface area contributed by atoms with Gasteiger partial charge in [-0.15, -0.1) is 0 Å². The molecule has 3 atom stereocenters. The number of nitrogens with one attached hydrogen (secondary N) is 1. The summed E-state index contributed by atoms with van der Waals surface area (Å²) in [4.78, 5) is 0. The molecule has 3 fully saturated rings. The highest BCUT2D eigenvalue weighted by atomic mass is 16.5. The largest absolute Gasteiger partial charge is 0.385 e. The van der Waals surface area contributed by atoms with Crippen molar-refractivity contribution in [2.45, 2.75) is 51.5 Å². The van der Waals surface area contributed by atoms with E-state index in [4.69, 9.17) is 4.74 Å². The van der Waals surface area contributed by atoms with Gasteiger partial charge < -0.3 is 10.1 Å². The smallest absolute Gasteiger partial charge is 0.0465 e. The summed E-state index contributed by atoms with van der Waals surface area (Å²) >= 11 is 0. The van der Waals surface area contributed by atoms with Crippen LogP contribution in [0.5, 0.6) is 0 Å². The Bertz CT molecular complexity index is 264. The first-order valence-corrected chi connectivity index (χ1v) is 7.46. The molecule has 2 nitrogen and oxygen atoms in total. The fourth-order valence-electron chi connectivity index (χ4n) is 3.89. The van der Waals surface area contributed by atoms with Gasteiger partial charge in [-0.3, -0.25) is 0 Å². The summed E-state index contributed by atoms with van der Waals surface area (Å²) in [5.41, 5.74) is 0.606. The summed E-state index contributed by atoms with van der Waals surface area (Å²) < 4.78 is 5.27. The predicted octanol–water partition coefficient (Wildman–Crippen LogP) is 2.83. The highest BCUT2D eigenvalue weighted by Crippen LogP contribution is 2.62. The minimum absolute atomic E-state index is 0.606. The third-order valence-corrected chi connectivity index (χ3v) is 5.53. The summed E-state index contributed by atoms with van der Waals surface area (Å²) in [6.45, 7) is 4.66. The Kier molecular flexibility index (Phi) is 3.20. The average molecular weight is 237 g/mol. The van der Waals surface area contributed by atoms with Gasteiger partial charge in [0.25, 0.3) is 0 Å². The van der Waals surface area contributed by atoms with Gasteiger partial charge in [0.1, 0.15) is 0 Å². The minimum atomic E-state index is 0.606. The van der Waals surface area contributed by atoms with E-state index in [0.717, 1.165) is 30.4 Å². The maximum Gasteiger partial charge on any atom is 0.0465 e. The molecule has 3 unspecified atom stereocenters. The number of fused-ring (bicyclic) bond motifs is 1. The monoisotopic (exact) mass is 237 g/mol. The van der Waals surface area contributed by atoms with Gasteiger partial charge in [-0.05, 0) is 61.7 Å². The lowest BCUT2D eigenvalue weighted by Gasteiger charge is -2.37. The van der Waals surface area contributed by atoms with Crippen molar-refractivity contribution in [3.05, 3.63) is 0 Å².